The van der Waals surface area contributed by atoms with E-state index in [2.05, 4.69) is 15.5 Å². The fraction of sp³-hybridized carbons (Fsp3) is 0.125. The maximum Gasteiger partial charge on any atom is 0.237 e. The molecule has 0 spiro atoms. The summed E-state index contributed by atoms with van der Waals surface area (Å²) in [5.74, 6) is 0.484. The van der Waals surface area contributed by atoms with Crippen LogP contribution >= 0.6 is 35.0 Å². The second-order valence-electron chi connectivity index (χ2n) is 7.09. The number of halogens is 2. The van der Waals surface area contributed by atoms with Crippen LogP contribution in [0.5, 0.6) is 0 Å². The highest BCUT2D eigenvalue weighted by atomic mass is 35.5. The number of anilines is 1. The van der Waals surface area contributed by atoms with Gasteiger partial charge in [-0.25, -0.2) is 0 Å². The van der Waals surface area contributed by atoms with Gasteiger partial charge in [-0.15, -0.1) is 10.2 Å². The predicted octanol–water partition coefficient (Wildman–Crippen LogP) is 6.42. The third-order valence-electron chi connectivity index (χ3n) is 4.80. The van der Waals surface area contributed by atoms with Crippen molar-refractivity contribution < 1.29 is 4.79 Å². The Morgan fingerprint density at radius 1 is 0.938 bits per heavy atom. The number of hydrogen-bond donors (Lipinski definition) is 1. The minimum Gasteiger partial charge on any atom is -0.324 e. The van der Waals surface area contributed by atoms with E-state index in [1.54, 1.807) is 12.1 Å². The number of carbonyl (C=O) groups is 1. The van der Waals surface area contributed by atoms with Gasteiger partial charge < -0.3 is 5.32 Å². The lowest BCUT2D eigenvalue weighted by molar-refractivity contribution is -0.115. The van der Waals surface area contributed by atoms with Gasteiger partial charge in [0, 0.05) is 5.56 Å². The van der Waals surface area contributed by atoms with Crippen molar-refractivity contribution in [1.29, 1.82) is 0 Å². The summed E-state index contributed by atoms with van der Waals surface area (Å²) < 4.78 is 1.99. The van der Waals surface area contributed by atoms with E-state index in [0.717, 1.165) is 11.1 Å². The van der Waals surface area contributed by atoms with Crippen molar-refractivity contribution in [2.24, 2.45) is 0 Å². The maximum atomic E-state index is 12.8. The molecule has 162 valence electrons. The van der Waals surface area contributed by atoms with Gasteiger partial charge in [0.15, 0.2) is 11.0 Å². The van der Waals surface area contributed by atoms with Gasteiger partial charge >= 0.3 is 0 Å². The molecule has 0 radical (unpaired) electrons. The monoisotopic (exact) mass is 482 g/mol. The van der Waals surface area contributed by atoms with Crippen molar-refractivity contribution in [2.75, 3.05) is 5.32 Å². The lowest BCUT2D eigenvalue weighted by Crippen LogP contribution is -2.23. The van der Waals surface area contributed by atoms with Gasteiger partial charge in [-0.1, -0.05) is 89.6 Å². The van der Waals surface area contributed by atoms with Crippen molar-refractivity contribution in [3.63, 3.8) is 0 Å². The standard InChI is InChI=1S/C24H20Cl2N4OS/c1-16(23(31)27-21-14-8-7-13-20(21)26)32-24-29-28-22(18-11-5-6-12-19(18)25)30(24)15-17-9-3-2-4-10-17/h2-14,16H,15H2,1H3,(H,27,31). The number of nitrogens with one attached hydrogen (secondary N) is 1. The van der Waals surface area contributed by atoms with Gasteiger partial charge in [0.2, 0.25) is 5.91 Å². The quantitative estimate of drug-likeness (QED) is 0.308. The van der Waals surface area contributed by atoms with E-state index >= 15 is 0 Å². The maximum absolute atomic E-state index is 12.8. The summed E-state index contributed by atoms with van der Waals surface area (Å²) in [5.41, 5.74) is 2.46. The molecule has 0 saturated carbocycles. The molecule has 1 unspecified atom stereocenters. The zero-order valence-electron chi connectivity index (χ0n) is 17.2. The average molecular weight is 483 g/mol. The van der Waals surface area contributed by atoms with Crippen molar-refractivity contribution in [3.8, 4) is 11.4 Å². The molecule has 0 aliphatic heterocycles. The Hall–Kier alpha value is -2.80. The van der Waals surface area contributed by atoms with Gasteiger partial charge in [0.1, 0.15) is 0 Å². The molecule has 0 fully saturated rings. The van der Waals surface area contributed by atoms with Crippen LogP contribution in [0, 0.1) is 0 Å². The van der Waals surface area contributed by atoms with Crippen molar-refractivity contribution in [3.05, 3.63) is 94.5 Å². The van der Waals surface area contributed by atoms with Crippen LogP contribution < -0.4 is 5.32 Å². The van der Waals surface area contributed by atoms with E-state index < -0.39 is 5.25 Å². The number of aromatic nitrogens is 3. The first-order chi connectivity index (χ1) is 15.5. The SMILES string of the molecule is CC(Sc1nnc(-c2ccccc2Cl)n1Cc1ccccc1)C(=O)Nc1ccccc1Cl. The summed E-state index contributed by atoms with van der Waals surface area (Å²) in [6, 6.07) is 24.7. The Morgan fingerprint density at radius 3 is 2.31 bits per heavy atom. The first-order valence-electron chi connectivity index (χ1n) is 9.97. The lowest BCUT2D eigenvalue weighted by atomic mass is 10.2. The van der Waals surface area contributed by atoms with E-state index in [1.807, 2.05) is 78.2 Å². The van der Waals surface area contributed by atoms with E-state index in [4.69, 9.17) is 23.2 Å². The zero-order chi connectivity index (χ0) is 22.5. The Kier molecular flexibility index (Phi) is 7.15. The highest BCUT2D eigenvalue weighted by Gasteiger charge is 2.22. The normalized spacial score (nSPS) is 11.8. The van der Waals surface area contributed by atoms with Crippen LogP contribution in [0.3, 0.4) is 0 Å². The van der Waals surface area contributed by atoms with Gasteiger partial charge in [0.25, 0.3) is 0 Å². The number of para-hydroxylation sites is 1. The van der Waals surface area contributed by atoms with Crippen LogP contribution in [0.25, 0.3) is 11.4 Å². The minimum atomic E-state index is -0.427. The van der Waals surface area contributed by atoms with Gasteiger partial charge in [0.05, 0.1) is 27.5 Å². The fourth-order valence-corrected chi connectivity index (χ4v) is 4.39. The van der Waals surface area contributed by atoms with E-state index in [-0.39, 0.29) is 5.91 Å². The van der Waals surface area contributed by atoms with Crippen molar-refractivity contribution in [2.45, 2.75) is 23.9 Å². The molecule has 32 heavy (non-hydrogen) atoms. The van der Waals surface area contributed by atoms with Crippen LogP contribution in [0.1, 0.15) is 12.5 Å². The second kappa shape index (κ2) is 10.2. The Bertz CT molecular complexity index is 1230. The zero-order valence-corrected chi connectivity index (χ0v) is 19.5. The molecule has 4 aromatic rings. The number of amides is 1. The molecular weight excluding hydrogens is 463 g/mol. The van der Waals surface area contributed by atoms with E-state index in [0.29, 0.717) is 33.3 Å². The van der Waals surface area contributed by atoms with Crippen LogP contribution in [0.15, 0.2) is 84.0 Å². The molecule has 5 nitrogen and oxygen atoms in total. The number of hydrogen-bond acceptors (Lipinski definition) is 4. The number of nitrogens with zero attached hydrogens (tertiary/aromatic N) is 3. The van der Waals surface area contributed by atoms with Crippen LogP contribution in [0.2, 0.25) is 10.0 Å². The summed E-state index contributed by atoms with van der Waals surface area (Å²) in [7, 11) is 0. The van der Waals surface area contributed by atoms with Crippen molar-refractivity contribution in [1.82, 2.24) is 14.8 Å². The number of benzene rings is 3. The highest BCUT2D eigenvalue weighted by Crippen LogP contribution is 2.32. The smallest absolute Gasteiger partial charge is 0.237 e. The molecule has 0 aliphatic carbocycles. The molecule has 1 aromatic heterocycles. The largest absolute Gasteiger partial charge is 0.324 e. The summed E-state index contributed by atoms with van der Waals surface area (Å²) in [6.07, 6.45) is 0. The molecule has 0 saturated heterocycles. The van der Waals surface area contributed by atoms with Crippen LogP contribution in [-0.2, 0) is 11.3 Å². The van der Waals surface area contributed by atoms with Crippen LogP contribution in [-0.4, -0.2) is 25.9 Å². The molecule has 8 heteroatoms. The molecule has 0 aliphatic rings. The Labute approximate surface area is 200 Å². The fourth-order valence-electron chi connectivity index (χ4n) is 3.13. The van der Waals surface area contributed by atoms with E-state index in [1.165, 1.54) is 11.8 Å². The molecule has 0 bridgehead atoms. The van der Waals surface area contributed by atoms with Gasteiger partial charge in [-0.05, 0) is 36.8 Å². The van der Waals surface area contributed by atoms with E-state index in [9.17, 15) is 4.79 Å². The van der Waals surface area contributed by atoms with Gasteiger partial charge in [-0.2, -0.15) is 0 Å². The number of carbonyl (C=O) groups excluding carboxylic acids is 1. The van der Waals surface area contributed by atoms with Crippen molar-refractivity contribution >= 4 is 46.6 Å². The van der Waals surface area contributed by atoms with Gasteiger partial charge in [-0.3, -0.25) is 9.36 Å². The average Bonchev–Trinajstić information content (AvgIpc) is 3.18. The Balaban J connectivity index is 1.62. The topological polar surface area (TPSA) is 59.8 Å². The molecule has 3 aromatic carbocycles. The second-order valence-corrected chi connectivity index (χ2v) is 9.21. The Morgan fingerprint density at radius 2 is 1.59 bits per heavy atom. The first-order valence-corrected chi connectivity index (χ1v) is 11.6. The number of rotatable bonds is 7. The minimum absolute atomic E-state index is 0.170. The molecular formula is C24H20Cl2N4OS. The van der Waals surface area contributed by atoms with Crippen LogP contribution in [0.4, 0.5) is 5.69 Å². The summed E-state index contributed by atoms with van der Waals surface area (Å²) in [4.78, 5) is 12.8. The summed E-state index contributed by atoms with van der Waals surface area (Å²) in [6.45, 7) is 2.38. The summed E-state index contributed by atoms with van der Waals surface area (Å²) in [5, 5.41) is 13.0. The molecule has 1 N–H and O–H groups in total. The molecule has 1 heterocycles. The lowest BCUT2D eigenvalue weighted by Gasteiger charge is -2.15. The predicted molar refractivity (Wildman–Crippen MR) is 131 cm³/mol. The third kappa shape index (κ3) is 5.15. The summed E-state index contributed by atoms with van der Waals surface area (Å²) >= 11 is 13.9. The third-order valence-corrected chi connectivity index (χ3v) is 6.54. The molecule has 1 amide bonds. The number of thioether (sulfide) groups is 1. The first kappa shape index (κ1) is 22.4. The highest BCUT2D eigenvalue weighted by molar-refractivity contribution is 8.00. The molecule has 1 atom stereocenters. The molecule has 4 rings (SSSR count).